The van der Waals surface area contributed by atoms with Crippen molar-refractivity contribution in [2.75, 3.05) is 0 Å². The number of non-ortho nitro benzene ring substituents is 1. The van der Waals surface area contributed by atoms with Crippen LogP contribution in [-0.4, -0.2) is 35.1 Å². The molecule has 0 bridgehead atoms. The zero-order valence-electron chi connectivity index (χ0n) is 15.6. The molecule has 0 aliphatic rings. The van der Waals surface area contributed by atoms with Gasteiger partial charge in [0.25, 0.3) is 0 Å². The second-order valence-corrected chi connectivity index (χ2v) is 7.41. The van der Waals surface area contributed by atoms with Gasteiger partial charge in [-0.1, -0.05) is 30.3 Å². The third-order valence-corrected chi connectivity index (χ3v) is 5.54. The Labute approximate surface area is 178 Å². The number of aromatic hydroxyl groups is 1. The van der Waals surface area contributed by atoms with Crippen molar-refractivity contribution in [2.45, 2.75) is 10.1 Å². The maximum absolute atomic E-state index is 11.3. The molecule has 152 valence electrons. The lowest BCUT2D eigenvalue weighted by atomic mass is 10.2. The van der Waals surface area contributed by atoms with Gasteiger partial charge < -0.3 is 5.11 Å². The van der Waals surface area contributed by atoms with Crippen molar-refractivity contribution in [1.82, 2.24) is 25.1 Å². The third-order valence-electron chi connectivity index (χ3n) is 4.55. The number of nitro benzene ring substituents is 1. The van der Waals surface area contributed by atoms with Crippen LogP contribution in [0.2, 0.25) is 0 Å². The lowest BCUT2D eigenvalue weighted by Crippen LogP contribution is -1.99. The molecule has 0 aliphatic heterocycles. The maximum Gasteiger partial charge on any atom is 0.300 e. The number of nitrogens with zero attached hydrogens (tertiary/aromatic N) is 6. The molecule has 0 radical (unpaired) electrons. The Morgan fingerprint density at radius 3 is 2.45 bits per heavy atom. The summed E-state index contributed by atoms with van der Waals surface area (Å²) in [6, 6.07) is 19.2. The Morgan fingerprint density at radius 2 is 1.68 bits per heavy atom. The van der Waals surface area contributed by atoms with Crippen LogP contribution in [0.1, 0.15) is 0 Å². The number of benzene rings is 3. The van der Waals surface area contributed by atoms with E-state index in [4.69, 9.17) is 4.63 Å². The van der Waals surface area contributed by atoms with Crippen LogP contribution in [0, 0.1) is 10.1 Å². The van der Waals surface area contributed by atoms with Gasteiger partial charge in [-0.2, -0.15) is 0 Å². The van der Waals surface area contributed by atoms with Crippen molar-refractivity contribution in [2.24, 2.45) is 0 Å². The summed E-state index contributed by atoms with van der Waals surface area (Å²) in [5.41, 5.74) is 1.42. The van der Waals surface area contributed by atoms with Crippen molar-refractivity contribution in [3.05, 3.63) is 76.8 Å². The number of phenolic OH excluding ortho intramolecular Hbond substituents is 1. The molecule has 0 unspecified atom stereocenters. The van der Waals surface area contributed by atoms with E-state index in [0.717, 1.165) is 5.69 Å². The molecule has 2 aromatic heterocycles. The van der Waals surface area contributed by atoms with E-state index in [2.05, 4.69) is 20.5 Å². The van der Waals surface area contributed by atoms with Gasteiger partial charge in [0.1, 0.15) is 5.75 Å². The van der Waals surface area contributed by atoms with Crippen molar-refractivity contribution in [3.8, 4) is 22.8 Å². The molecule has 2 heterocycles. The van der Waals surface area contributed by atoms with Crippen LogP contribution < -0.4 is 0 Å². The highest BCUT2D eigenvalue weighted by atomic mass is 32.2. The van der Waals surface area contributed by atoms with Crippen LogP contribution in [0.3, 0.4) is 0 Å². The summed E-state index contributed by atoms with van der Waals surface area (Å²) in [4.78, 5) is 11.3. The summed E-state index contributed by atoms with van der Waals surface area (Å²) in [5.74, 6) is 0.519. The fourth-order valence-electron chi connectivity index (χ4n) is 3.14. The van der Waals surface area contributed by atoms with E-state index in [1.807, 2.05) is 30.3 Å². The van der Waals surface area contributed by atoms with E-state index in [1.54, 1.807) is 34.9 Å². The van der Waals surface area contributed by atoms with Crippen LogP contribution in [0.5, 0.6) is 5.75 Å². The van der Waals surface area contributed by atoms with Crippen LogP contribution in [-0.2, 0) is 0 Å². The second kappa shape index (κ2) is 7.54. The molecule has 0 atom stereocenters. The first kappa shape index (κ1) is 18.8. The summed E-state index contributed by atoms with van der Waals surface area (Å²) < 4.78 is 6.54. The largest absolute Gasteiger partial charge is 0.507 e. The van der Waals surface area contributed by atoms with Gasteiger partial charge in [-0.05, 0) is 52.4 Å². The predicted octanol–water partition coefficient (Wildman–Crippen LogP) is 4.24. The van der Waals surface area contributed by atoms with Crippen LogP contribution >= 0.6 is 11.8 Å². The molecular formula is C20H12N6O4S. The Bertz CT molecular complexity index is 1420. The van der Waals surface area contributed by atoms with E-state index in [0.29, 0.717) is 21.4 Å². The van der Waals surface area contributed by atoms with Crippen LogP contribution in [0.15, 0.2) is 81.4 Å². The minimum absolute atomic E-state index is 0.0571. The number of phenols is 1. The van der Waals surface area contributed by atoms with E-state index in [-0.39, 0.29) is 22.5 Å². The van der Waals surface area contributed by atoms with Crippen LogP contribution in [0.4, 0.5) is 5.69 Å². The third kappa shape index (κ3) is 3.26. The molecule has 0 aliphatic carbocycles. The fraction of sp³-hybridized carbons (Fsp3) is 0. The zero-order valence-corrected chi connectivity index (χ0v) is 16.4. The SMILES string of the molecule is O=[N+]([O-])c1ccc(Sc2nnc(-c3ccccc3O)n2-c2ccccc2)c2nonc12. The molecule has 0 saturated carbocycles. The van der Waals surface area contributed by atoms with Gasteiger partial charge in [0, 0.05) is 16.6 Å². The molecule has 0 fully saturated rings. The van der Waals surface area contributed by atoms with Gasteiger partial charge in [0.15, 0.2) is 11.3 Å². The number of rotatable bonds is 5. The predicted molar refractivity (Wildman–Crippen MR) is 111 cm³/mol. The Morgan fingerprint density at radius 1 is 0.935 bits per heavy atom. The van der Waals surface area contributed by atoms with E-state index in [1.165, 1.54) is 17.8 Å². The smallest absolute Gasteiger partial charge is 0.300 e. The Balaban J connectivity index is 1.67. The lowest BCUT2D eigenvalue weighted by molar-refractivity contribution is -0.383. The summed E-state index contributed by atoms with van der Waals surface area (Å²) in [7, 11) is 0. The molecule has 0 spiro atoms. The number of hydrogen-bond donors (Lipinski definition) is 1. The molecule has 5 rings (SSSR count). The topological polar surface area (TPSA) is 133 Å². The zero-order chi connectivity index (χ0) is 21.4. The number of aromatic nitrogens is 5. The summed E-state index contributed by atoms with van der Waals surface area (Å²) in [6.07, 6.45) is 0. The van der Waals surface area contributed by atoms with Crippen molar-refractivity contribution in [1.29, 1.82) is 0 Å². The molecule has 11 heteroatoms. The highest BCUT2D eigenvalue weighted by Crippen LogP contribution is 2.38. The average Bonchev–Trinajstić information content (AvgIpc) is 3.42. The first-order chi connectivity index (χ1) is 15.1. The fourth-order valence-corrected chi connectivity index (χ4v) is 4.07. The molecule has 3 aromatic carbocycles. The van der Waals surface area contributed by atoms with Gasteiger partial charge >= 0.3 is 5.69 Å². The van der Waals surface area contributed by atoms with Crippen molar-refractivity contribution >= 4 is 28.5 Å². The Kier molecular flexibility index (Phi) is 4.56. The molecule has 5 aromatic rings. The van der Waals surface area contributed by atoms with Crippen molar-refractivity contribution < 1.29 is 14.7 Å². The summed E-state index contributed by atoms with van der Waals surface area (Å²) in [5, 5.41) is 38.2. The van der Waals surface area contributed by atoms with Gasteiger partial charge in [-0.3, -0.25) is 14.7 Å². The van der Waals surface area contributed by atoms with E-state index in [9.17, 15) is 15.2 Å². The van der Waals surface area contributed by atoms with Crippen LogP contribution in [0.25, 0.3) is 28.1 Å². The molecule has 0 saturated heterocycles. The van der Waals surface area contributed by atoms with Gasteiger partial charge in [0.2, 0.25) is 10.7 Å². The average molecular weight is 432 g/mol. The Hall–Kier alpha value is -4.25. The standard InChI is InChI=1S/C20H12N6O4S/c27-15-9-5-4-8-13(15)19-21-22-20(25(19)12-6-2-1-3-7-12)31-16-11-10-14(26(28)29)17-18(16)24-30-23-17/h1-11,27H. The summed E-state index contributed by atoms with van der Waals surface area (Å²) in [6.45, 7) is 0. The quantitative estimate of drug-likeness (QED) is 0.320. The monoisotopic (exact) mass is 432 g/mol. The normalized spacial score (nSPS) is 11.1. The highest BCUT2D eigenvalue weighted by molar-refractivity contribution is 7.99. The van der Waals surface area contributed by atoms with Crippen molar-refractivity contribution in [3.63, 3.8) is 0 Å². The van der Waals surface area contributed by atoms with E-state index < -0.39 is 4.92 Å². The molecular weight excluding hydrogens is 420 g/mol. The number of nitro groups is 1. The second-order valence-electron chi connectivity index (χ2n) is 6.40. The number of hydrogen-bond acceptors (Lipinski definition) is 9. The molecule has 1 N–H and O–H groups in total. The summed E-state index contributed by atoms with van der Waals surface area (Å²) >= 11 is 1.21. The molecule has 10 nitrogen and oxygen atoms in total. The lowest BCUT2D eigenvalue weighted by Gasteiger charge is -2.11. The first-order valence-corrected chi connectivity index (χ1v) is 9.82. The minimum atomic E-state index is -0.538. The minimum Gasteiger partial charge on any atom is -0.507 e. The number of fused-ring (bicyclic) bond motifs is 1. The first-order valence-electron chi connectivity index (χ1n) is 9.00. The molecule has 31 heavy (non-hydrogen) atoms. The maximum atomic E-state index is 11.3. The van der Waals surface area contributed by atoms with E-state index >= 15 is 0 Å². The number of para-hydroxylation sites is 2. The molecule has 0 amide bonds. The highest BCUT2D eigenvalue weighted by Gasteiger charge is 2.23. The van der Waals surface area contributed by atoms with Gasteiger partial charge in [-0.25, -0.2) is 4.63 Å². The van der Waals surface area contributed by atoms with Gasteiger partial charge in [0.05, 0.1) is 10.5 Å². The van der Waals surface area contributed by atoms with Gasteiger partial charge in [-0.15, -0.1) is 10.2 Å².